The maximum Gasteiger partial charge on any atom is 0.119 e. The molecule has 0 fully saturated rings. The van der Waals surface area contributed by atoms with Gasteiger partial charge in [0.2, 0.25) is 0 Å². The number of hydrogen-bond acceptors (Lipinski definition) is 3. The van der Waals surface area contributed by atoms with Crippen LogP contribution in [-0.4, -0.2) is 10.1 Å². The molecule has 0 atom stereocenters. The Labute approximate surface area is 72.1 Å². The van der Waals surface area contributed by atoms with E-state index in [4.69, 9.17) is 5.11 Å². The van der Waals surface area contributed by atoms with Crippen molar-refractivity contribution in [2.75, 3.05) is 0 Å². The van der Waals surface area contributed by atoms with Crippen LogP contribution >= 0.6 is 27.3 Å². The SMILES string of the molecule is C#C.OCc1nc(Br)cs1. The summed E-state index contributed by atoms with van der Waals surface area (Å²) < 4.78 is 0.798. The third kappa shape index (κ3) is 2.97. The maximum absolute atomic E-state index is 8.48. The van der Waals surface area contributed by atoms with Crippen molar-refractivity contribution in [3.05, 3.63) is 15.0 Å². The van der Waals surface area contributed by atoms with Gasteiger partial charge in [-0.1, -0.05) is 0 Å². The van der Waals surface area contributed by atoms with Gasteiger partial charge in [-0.05, 0) is 15.9 Å². The summed E-state index contributed by atoms with van der Waals surface area (Å²) in [6.07, 6.45) is 8.00. The Morgan fingerprint density at radius 3 is 2.50 bits per heavy atom. The van der Waals surface area contributed by atoms with E-state index in [1.54, 1.807) is 0 Å². The minimum absolute atomic E-state index is 0.0380. The number of rotatable bonds is 1. The zero-order valence-corrected chi connectivity index (χ0v) is 7.52. The highest BCUT2D eigenvalue weighted by molar-refractivity contribution is 9.10. The largest absolute Gasteiger partial charge is 0.389 e. The van der Waals surface area contributed by atoms with E-state index >= 15 is 0 Å². The molecule has 0 aliphatic rings. The van der Waals surface area contributed by atoms with E-state index < -0.39 is 0 Å². The first-order valence-electron chi connectivity index (χ1n) is 2.37. The van der Waals surface area contributed by atoms with Gasteiger partial charge in [0.25, 0.3) is 0 Å². The molecule has 1 aromatic heterocycles. The number of aliphatic hydroxyl groups excluding tert-OH is 1. The first kappa shape index (κ1) is 9.63. The first-order valence-corrected chi connectivity index (χ1v) is 4.04. The topological polar surface area (TPSA) is 33.1 Å². The van der Waals surface area contributed by atoms with Gasteiger partial charge >= 0.3 is 0 Å². The molecule has 54 valence electrons. The maximum atomic E-state index is 8.48. The molecule has 0 aliphatic heterocycles. The molecule has 0 bridgehead atoms. The number of aliphatic hydroxyl groups is 1. The predicted octanol–water partition coefficient (Wildman–Crippen LogP) is 1.65. The van der Waals surface area contributed by atoms with Gasteiger partial charge < -0.3 is 5.11 Å². The van der Waals surface area contributed by atoms with Crippen LogP contribution in [0.5, 0.6) is 0 Å². The van der Waals surface area contributed by atoms with Crippen LogP contribution in [0.15, 0.2) is 9.98 Å². The Morgan fingerprint density at radius 2 is 2.30 bits per heavy atom. The van der Waals surface area contributed by atoms with Crippen molar-refractivity contribution in [3.8, 4) is 12.8 Å². The van der Waals surface area contributed by atoms with Gasteiger partial charge in [0.1, 0.15) is 9.61 Å². The molecule has 0 saturated carbocycles. The Bertz CT molecular complexity index is 209. The highest BCUT2D eigenvalue weighted by Crippen LogP contribution is 2.13. The summed E-state index contributed by atoms with van der Waals surface area (Å²) in [6, 6.07) is 0. The van der Waals surface area contributed by atoms with Crippen molar-refractivity contribution in [2.24, 2.45) is 0 Å². The lowest BCUT2D eigenvalue weighted by Crippen LogP contribution is -1.76. The van der Waals surface area contributed by atoms with Gasteiger partial charge in [0.15, 0.2) is 0 Å². The van der Waals surface area contributed by atoms with Crippen LogP contribution in [0.2, 0.25) is 0 Å². The molecule has 10 heavy (non-hydrogen) atoms. The summed E-state index contributed by atoms with van der Waals surface area (Å²) in [7, 11) is 0. The molecule has 1 aromatic rings. The molecule has 1 rings (SSSR count). The van der Waals surface area contributed by atoms with E-state index in [9.17, 15) is 0 Å². The molecular weight excluding hydrogens is 214 g/mol. The summed E-state index contributed by atoms with van der Waals surface area (Å²) in [5.74, 6) is 0. The predicted molar refractivity (Wildman–Crippen MR) is 45.6 cm³/mol. The second-order valence-electron chi connectivity index (χ2n) is 1.22. The molecule has 0 radical (unpaired) electrons. The van der Waals surface area contributed by atoms with E-state index in [0.29, 0.717) is 0 Å². The normalized spacial score (nSPS) is 8.00. The number of halogens is 1. The van der Waals surface area contributed by atoms with E-state index in [1.807, 2.05) is 5.38 Å². The number of aromatic nitrogens is 1. The van der Waals surface area contributed by atoms with Crippen molar-refractivity contribution in [1.82, 2.24) is 4.98 Å². The van der Waals surface area contributed by atoms with Crippen LogP contribution in [0.1, 0.15) is 5.01 Å². The molecule has 4 heteroatoms. The second-order valence-corrected chi connectivity index (χ2v) is 2.98. The molecule has 2 nitrogen and oxygen atoms in total. The smallest absolute Gasteiger partial charge is 0.119 e. The average molecular weight is 220 g/mol. The van der Waals surface area contributed by atoms with E-state index in [1.165, 1.54) is 11.3 Å². The average Bonchev–Trinajstić information content (AvgIpc) is 2.40. The molecule has 0 saturated heterocycles. The highest BCUT2D eigenvalue weighted by Gasteiger charge is 1.93. The number of nitrogens with zero attached hydrogens (tertiary/aromatic N) is 1. The van der Waals surface area contributed by atoms with Crippen molar-refractivity contribution in [2.45, 2.75) is 6.61 Å². The van der Waals surface area contributed by atoms with Crippen LogP contribution in [0, 0.1) is 12.8 Å². The van der Waals surface area contributed by atoms with Crippen molar-refractivity contribution < 1.29 is 5.11 Å². The van der Waals surface area contributed by atoms with Gasteiger partial charge in [0, 0.05) is 5.38 Å². The standard InChI is InChI=1S/C4H4BrNOS.C2H2/c5-3-2-8-4(1-7)6-3;1-2/h2,7H,1H2;1-2H. The Hall–Kier alpha value is -0.370. The lowest BCUT2D eigenvalue weighted by molar-refractivity contribution is 0.281. The number of hydrogen-bond donors (Lipinski definition) is 1. The molecule has 0 aliphatic carbocycles. The highest BCUT2D eigenvalue weighted by atomic mass is 79.9. The third-order valence-corrected chi connectivity index (χ3v) is 2.20. The minimum atomic E-state index is 0.0380. The minimum Gasteiger partial charge on any atom is -0.389 e. The van der Waals surface area contributed by atoms with Crippen LogP contribution < -0.4 is 0 Å². The van der Waals surface area contributed by atoms with Gasteiger partial charge in [-0.15, -0.1) is 24.2 Å². The van der Waals surface area contributed by atoms with Gasteiger partial charge in [-0.3, -0.25) is 0 Å². The summed E-state index contributed by atoms with van der Waals surface area (Å²) >= 11 is 4.60. The van der Waals surface area contributed by atoms with Crippen molar-refractivity contribution in [1.29, 1.82) is 0 Å². The number of thiazole rings is 1. The molecular formula is C6H6BrNOS. The third-order valence-electron chi connectivity index (χ3n) is 0.659. The summed E-state index contributed by atoms with van der Waals surface area (Å²) in [5.41, 5.74) is 0. The lowest BCUT2D eigenvalue weighted by Gasteiger charge is -1.78. The Kier molecular flexibility index (Phi) is 5.22. The lowest BCUT2D eigenvalue weighted by atomic mass is 10.8. The fourth-order valence-electron chi connectivity index (χ4n) is 0.361. The molecule has 0 unspecified atom stereocenters. The van der Waals surface area contributed by atoms with Crippen LogP contribution in [0.3, 0.4) is 0 Å². The van der Waals surface area contributed by atoms with Crippen molar-refractivity contribution >= 4 is 27.3 Å². The Balaban J connectivity index is 0.000000371. The Morgan fingerprint density at radius 1 is 1.70 bits per heavy atom. The fourth-order valence-corrected chi connectivity index (χ4v) is 1.48. The van der Waals surface area contributed by atoms with Crippen LogP contribution in [0.25, 0.3) is 0 Å². The molecule has 0 aromatic carbocycles. The number of terminal acetylenes is 1. The summed E-state index contributed by atoms with van der Waals surface area (Å²) in [4.78, 5) is 3.91. The van der Waals surface area contributed by atoms with Crippen LogP contribution in [-0.2, 0) is 6.61 Å². The first-order chi connectivity index (χ1) is 4.83. The monoisotopic (exact) mass is 219 g/mol. The van der Waals surface area contributed by atoms with E-state index in [0.717, 1.165) is 9.61 Å². The molecule has 0 spiro atoms. The van der Waals surface area contributed by atoms with E-state index in [2.05, 4.69) is 33.8 Å². The fraction of sp³-hybridized carbons (Fsp3) is 0.167. The van der Waals surface area contributed by atoms with Gasteiger partial charge in [0.05, 0.1) is 6.61 Å². The van der Waals surface area contributed by atoms with Gasteiger partial charge in [-0.2, -0.15) is 0 Å². The van der Waals surface area contributed by atoms with Crippen molar-refractivity contribution in [3.63, 3.8) is 0 Å². The zero-order valence-electron chi connectivity index (χ0n) is 5.12. The molecule has 1 heterocycles. The quantitative estimate of drug-likeness (QED) is 0.730. The van der Waals surface area contributed by atoms with Gasteiger partial charge in [-0.25, -0.2) is 4.98 Å². The summed E-state index contributed by atoms with van der Waals surface area (Å²) in [6.45, 7) is 0.0380. The van der Waals surface area contributed by atoms with Crippen LogP contribution in [0.4, 0.5) is 0 Å². The van der Waals surface area contributed by atoms with E-state index in [-0.39, 0.29) is 6.61 Å². The molecule has 0 amide bonds. The zero-order chi connectivity index (χ0) is 7.98. The summed E-state index contributed by atoms with van der Waals surface area (Å²) in [5, 5.41) is 11.1. The molecule has 1 N–H and O–H groups in total. The second kappa shape index (κ2) is 5.42.